The first-order chi connectivity index (χ1) is 6.97. The number of amides is 1. The SMILES string of the molecule is COc1cc(C)c(Cl)c(C)c1NC(=O)O. The maximum atomic E-state index is 10.6. The van der Waals surface area contributed by atoms with Crippen molar-refractivity contribution in [3.8, 4) is 5.75 Å². The number of methoxy groups -OCH3 is 1. The highest BCUT2D eigenvalue weighted by molar-refractivity contribution is 6.32. The highest BCUT2D eigenvalue weighted by Crippen LogP contribution is 2.35. The summed E-state index contributed by atoms with van der Waals surface area (Å²) < 4.78 is 5.08. The zero-order valence-corrected chi connectivity index (χ0v) is 9.47. The summed E-state index contributed by atoms with van der Waals surface area (Å²) in [5, 5.41) is 11.5. The normalized spacial score (nSPS) is 9.87. The molecule has 0 radical (unpaired) electrons. The molecular weight excluding hydrogens is 218 g/mol. The van der Waals surface area contributed by atoms with E-state index in [1.165, 1.54) is 7.11 Å². The van der Waals surface area contributed by atoms with E-state index in [2.05, 4.69) is 5.32 Å². The molecule has 0 aliphatic heterocycles. The van der Waals surface area contributed by atoms with E-state index in [1.54, 1.807) is 13.0 Å². The predicted molar refractivity (Wildman–Crippen MR) is 59.1 cm³/mol. The van der Waals surface area contributed by atoms with Gasteiger partial charge in [0.25, 0.3) is 0 Å². The van der Waals surface area contributed by atoms with Crippen molar-refractivity contribution in [2.75, 3.05) is 12.4 Å². The lowest BCUT2D eigenvalue weighted by Crippen LogP contribution is -2.10. The lowest BCUT2D eigenvalue weighted by Gasteiger charge is -2.14. The van der Waals surface area contributed by atoms with Gasteiger partial charge in [-0.3, -0.25) is 5.32 Å². The Morgan fingerprint density at radius 3 is 2.60 bits per heavy atom. The second kappa shape index (κ2) is 4.40. The largest absolute Gasteiger partial charge is 0.495 e. The molecule has 1 aromatic carbocycles. The van der Waals surface area contributed by atoms with Crippen molar-refractivity contribution in [1.29, 1.82) is 0 Å². The second-order valence-corrected chi connectivity index (χ2v) is 3.52. The Morgan fingerprint density at radius 1 is 1.53 bits per heavy atom. The summed E-state index contributed by atoms with van der Waals surface area (Å²) in [4.78, 5) is 10.6. The van der Waals surface area contributed by atoms with Crippen LogP contribution in [0.2, 0.25) is 5.02 Å². The molecular formula is C10H12ClNO3. The lowest BCUT2D eigenvalue weighted by molar-refractivity contribution is 0.209. The smallest absolute Gasteiger partial charge is 0.409 e. The van der Waals surface area contributed by atoms with Gasteiger partial charge in [-0.1, -0.05) is 11.6 Å². The molecule has 0 aromatic heterocycles. The average Bonchev–Trinajstić information content (AvgIpc) is 2.18. The molecule has 0 aliphatic carbocycles. The first-order valence-electron chi connectivity index (χ1n) is 4.31. The molecule has 4 nitrogen and oxygen atoms in total. The van der Waals surface area contributed by atoms with Gasteiger partial charge in [-0.05, 0) is 31.0 Å². The van der Waals surface area contributed by atoms with Gasteiger partial charge < -0.3 is 9.84 Å². The van der Waals surface area contributed by atoms with Gasteiger partial charge in [0.15, 0.2) is 0 Å². The Balaban J connectivity index is 3.33. The summed E-state index contributed by atoms with van der Waals surface area (Å²) in [6, 6.07) is 1.70. The first-order valence-corrected chi connectivity index (χ1v) is 4.68. The number of anilines is 1. The molecule has 0 atom stereocenters. The van der Waals surface area contributed by atoms with Crippen molar-refractivity contribution >= 4 is 23.4 Å². The van der Waals surface area contributed by atoms with Gasteiger partial charge in [0.05, 0.1) is 12.8 Å². The molecule has 0 saturated carbocycles. The minimum absolute atomic E-state index is 0.389. The van der Waals surface area contributed by atoms with Crippen molar-refractivity contribution in [1.82, 2.24) is 0 Å². The van der Waals surface area contributed by atoms with Crippen molar-refractivity contribution in [2.24, 2.45) is 0 Å². The number of halogens is 1. The molecule has 5 heteroatoms. The molecule has 0 spiro atoms. The zero-order chi connectivity index (χ0) is 11.6. The Labute approximate surface area is 92.8 Å². The molecule has 82 valence electrons. The van der Waals surface area contributed by atoms with Gasteiger partial charge >= 0.3 is 6.09 Å². The quantitative estimate of drug-likeness (QED) is 0.820. The third-order valence-electron chi connectivity index (χ3n) is 2.10. The maximum absolute atomic E-state index is 10.6. The summed E-state index contributed by atoms with van der Waals surface area (Å²) in [5.74, 6) is 0.469. The number of ether oxygens (including phenoxy) is 1. The van der Waals surface area contributed by atoms with E-state index in [1.807, 2.05) is 6.92 Å². The van der Waals surface area contributed by atoms with E-state index >= 15 is 0 Å². The molecule has 0 saturated heterocycles. The molecule has 2 N–H and O–H groups in total. The summed E-state index contributed by atoms with van der Waals surface area (Å²) in [5.41, 5.74) is 1.90. The second-order valence-electron chi connectivity index (χ2n) is 3.14. The molecule has 15 heavy (non-hydrogen) atoms. The van der Waals surface area contributed by atoms with Crippen LogP contribution in [-0.4, -0.2) is 18.3 Å². The minimum atomic E-state index is -1.14. The van der Waals surface area contributed by atoms with Crippen molar-refractivity contribution in [3.63, 3.8) is 0 Å². The maximum Gasteiger partial charge on any atom is 0.409 e. The number of carbonyl (C=O) groups is 1. The molecule has 0 unspecified atom stereocenters. The third kappa shape index (κ3) is 2.33. The lowest BCUT2D eigenvalue weighted by atomic mass is 10.1. The molecule has 0 fully saturated rings. The number of hydrogen-bond donors (Lipinski definition) is 2. The van der Waals surface area contributed by atoms with Crippen molar-refractivity contribution < 1.29 is 14.6 Å². The highest BCUT2D eigenvalue weighted by Gasteiger charge is 2.14. The van der Waals surface area contributed by atoms with Gasteiger partial charge in [-0.25, -0.2) is 4.79 Å². The van der Waals surface area contributed by atoms with Crippen LogP contribution in [-0.2, 0) is 0 Å². The fourth-order valence-corrected chi connectivity index (χ4v) is 1.49. The van der Waals surface area contributed by atoms with Gasteiger partial charge in [0.1, 0.15) is 5.75 Å². The number of aryl methyl sites for hydroxylation is 1. The number of hydrogen-bond acceptors (Lipinski definition) is 2. The van der Waals surface area contributed by atoms with E-state index in [0.717, 1.165) is 5.56 Å². The van der Waals surface area contributed by atoms with Crippen LogP contribution in [0, 0.1) is 13.8 Å². The van der Waals surface area contributed by atoms with Gasteiger partial charge in [-0.15, -0.1) is 0 Å². The minimum Gasteiger partial charge on any atom is -0.495 e. The Bertz CT molecular complexity index is 404. The van der Waals surface area contributed by atoms with Crippen LogP contribution in [0.25, 0.3) is 0 Å². The summed E-state index contributed by atoms with van der Waals surface area (Å²) >= 11 is 6.01. The van der Waals surface area contributed by atoms with Gasteiger partial charge in [-0.2, -0.15) is 0 Å². The Hall–Kier alpha value is -1.42. The summed E-state index contributed by atoms with van der Waals surface area (Å²) in [7, 11) is 1.48. The van der Waals surface area contributed by atoms with Gasteiger partial charge in [0.2, 0.25) is 0 Å². The van der Waals surface area contributed by atoms with Gasteiger partial charge in [0, 0.05) is 5.02 Å². The Kier molecular flexibility index (Phi) is 3.42. The van der Waals surface area contributed by atoms with Crippen LogP contribution in [0.1, 0.15) is 11.1 Å². The van der Waals surface area contributed by atoms with E-state index in [0.29, 0.717) is 22.0 Å². The van der Waals surface area contributed by atoms with E-state index in [-0.39, 0.29) is 0 Å². The molecule has 1 rings (SSSR count). The summed E-state index contributed by atoms with van der Waals surface area (Å²) in [6.45, 7) is 3.57. The molecule has 0 heterocycles. The third-order valence-corrected chi connectivity index (χ3v) is 2.68. The van der Waals surface area contributed by atoms with E-state index in [4.69, 9.17) is 21.4 Å². The van der Waals surface area contributed by atoms with Crippen LogP contribution in [0.5, 0.6) is 5.75 Å². The van der Waals surface area contributed by atoms with E-state index < -0.39 is 6.09 Å². The van der Waals surface area contributed by atoms with Crippen LogP contribution >= 0.6 is 11.6 Å². The standard InChI is InChI=1S/C10H12ClNO3/c1-5-4-7(15-3)9(12-10(13)14)6(2)8(5)11/h4,12H,1-3H3,(H,13,14). The van der Waals surface area contributed by atoms with Crippen LogP contribution < -0.4 is 10.1 Å². The number of benzene rings is 1. The van der Waals surface area contributed by atoms with Crippen LogP contribution in [0.15, 0.2) is 6.07 Å². The first kappa shape index (κ1) is 11.7. The fourth-order valence-electron chi connectivity index (χ4n) is 1.35. The molecule has 0 aliphatic rings. The fraction of sp³-hybridized carbons (Fsp3) is 0.300. The number of carboxylic acid groups (broad SMARTS) is 1. The van der Waals surface area contributed by atoms with E-state index in [9.17, 15) is 4.79 Å². The average molecular weight is 230 g/mol. The number of nitrogens with one attached hydrogen (secondary N) is 1. The van der Waals surface area contributed by atoms with Crippen LogP contribution in [0.4, 0.5) is 10.5 Å². The zero-order valence-electron chi connectivity index (χ0n) is 8.72. The van der Waals surface area contributed by atoms with Crippen molar-refractivity contribution in [2.45, 2.75) is 13.8 Å². The predicted octanol–water partition coefficient (Wildman–Crippen LogP) is 3.06. The van der Waals surface area contributed by atoms with Crippen molar-refractivity contribution in [3.05, 3.63) is 22.2 Å². The summed E-state index contributed by atoms with van der Waals surface area (Å²) in [6.07, 6.45) is -1.14. The molecule has 0 bridgehead atoms. The Morgan fingerprint density at radius 2 is 2.13 bits per heavy atom. The molecule has 1 aromatic rings. The topological polar surface area (TPSA) is 58.6 Å². The van der Waals surface area contributed by atoms with Crippen LogP contribution in [0.3, 0.4) is 0 Å². The molecule has 1 amide bonds. The highest BCUT2D eigenvalue weighted by atomic mass is 35.5. The number of rotatable bonds is 2. The monoisotopic (exact) mass is 229 g/mol.